The second-order valence-electron chi connectivity index (χ2n) is 4.80. The summed E-state index contributed by atoms with van der Waals surface area (Å²) in [5.74, 6) is 0.204. The van der Waals surface area contributed by atoms with Crippen LogP contribution in [0.2, 0.25) is 0 Å². The molecule has 1 aromatic rings. The van der Waals surface area contributed by atoms with E-state index in [4.69, 9.17) is 0 Å². The van der Waals surface area contributed by atoms with Crippen LogP contribution in [0.15, 0.2) is 22.7 Å². The molecular formula is C15H23BrN2O. The molecule has 0 aliphatic carbocycles. The van der Waals surface area contributed by atoms with E-state index in [1.54, 1.807) is 0 Å². The zero-order valence-corrected chi connectivity index (χ0v) is 13.6. The molecule has 0 fully saturated rings. The highest BCUT2D eigenvalue weighted by atomic mass is 79.9. The van der Waals surface area contributed by atoms with Gasteiger partial charge in [-0.2, -0.15) is 0 Å². The van der Waals surface area contributed by atoms with Gasteiger partial charge in [-0.25, -0.2) is 0 Å². The fourth-order valence-corrected chi connectivity index (χ4v) is 2.32. The van der Waals surface area contributed by atoms with Gasteiger partial charge in [0.15, 0.2) is 0 Å². The molecule has 4 heteroatoms. The van der Waals surface area contributed by atoms with Crippen molar-refractivity contribution in [1.82, 2.24) is 4.90 Å². The number of nitrogens with one attached hydrogen (secondary N) is 1. The van der Waals surface area contributed by atoms with Gasteiger partial charge in [0, 0.05) is 36.7 Å². The highest BCUT2D eigenvalue weighted by Crippen LogP contribution is 2.19. The Morgan fingerprint density at radius 3 is 2.79 bits per heavy atom. The maximum absolute atomic E-state index is 11.9. The number of hydrogen-bond acceptors (Lipinski definition) is 2. The monoisotopic (exact) mass is 326 g/mol. The smallest absolute Gasteiger partial charge is 0.224 e. The number of benzene rings is 1. The van der Waals surface area contributed by atoms with Gasteiger partial charge in [0.25, 0.3) is 0 Å². The standard InChI is InChI=1S/C15H23BrN2O/c1-4-5-10-18(3)15(19)8-9-17-14-7-6-13(16)11-12(14)2/h6-7,11,17H,4-5,8-10H2,1-3H3. The predicted molar refractivity (Wildman–Crippen MR) is 84.5 cm³/mol. The zero-order chi connectivity index (χ0) is 14.3. The molecule has 19 heavy (non-hydrogen) atoms. The minimum Gasteiger partial charge on any atom is -0.384 e. The number of unbranched alkanes of at least 4 members (excludes halogenated alkanes) is 1. The summed E-state index contributed by atoms with van der Waals surface area (Å²) in [7, 11) is 1.88. The first-order chi connectivity index (χ1) is 9.04. The zero-order valence-electron chi connectivity index (χ0n) is 12.0. The minimum atomic E-state index is 0.204. The molecular weight excluding hydrogens is 304 g/mol. The summed E-state index contributed by atoms with van der Waals surface area (Å²) in [4.78, 5) is 13.7. The van der Waals surface area contributed by atoms with E-state index in [1.165, 1.54) is 5.56 Å². The van der Waals surface area contributed by atoms with E-state index in [-0.39, 0.29) is 5.91 Å². The molecule has 0 unspecified atom stereocenters. The van der Waals surface area contributed by atoms with Crippen molar-refractivity contribution in [3.05, 3.63) is 28.2 Å². The molecule has 0 heterocycles. The second kappa shape index (κ2) is 8.20. The molecule has 0 spiro atoms. The normalized spacial score (nSPS) is 10.3. The van der Waals surface area contributed by atoms with Gasteiger partial charge in [-0.15, -0.1) is 0 Å². The van der Waals surface area contributed by atoms with Crippen LogP contribution in [0.4, 0.5) is 5.69 Å². The van der Waals surface area contributed by atoms with Crippen molar-refractivity contribution >= 4 is 27.5 Å². The van der Waals surface area contributed by atoms with Crippen LogP contribution in [0.5, 0.6) is 0 Å². The number of hydrogen-bond donors (Lipinski definition) is 1. The maximum Gasteiger partial charge on any atom is 0.224 e. The van der Waals surface area contributed by atoms with Crippen molar-refractivity contribution in [2.75, 3.05) is 25.5 Å². The highest BCUT2D eigenvalue weighted by Gasteiger charge is 2.07. The first kappa shape index (κ1) is 16.0. The van der Waals surface area contributed by atoms with E-state index >= 15 is 0 Å². The van der Waals surface area contributed by atoms with E-state index in [0.717, 1.165) is 29.5 Å². The molecule has 106 valence electrons. The number of anilines is 1. The molecule has 0 aromatic heterocycles. The number of rotatable bonds is 7. The van der Waals surface area contributed by atoms with Gasteiger partial charge in [0.1, 0.15) is 0 Å². The Kier molecular flexibility index (Phi) is 6.92. The fraction of sp³-hybridized carbons (Fsp3) is 0.533. The first-order valence-electron chi connectivity index (χ1n) is 6.78. The lowest BCUT2D eigenvalue weighted by atomic mass is 10.2. The van der Waals surface area contributed by atoms with Crippen molar-refractivity contribution in [3.63, 3.8) is 0 Å². The van der Waals surface area contributed by atoms with Crippen molar-refractivity contribution in [2.24, 2.45) is 0 Å². The van der Waals surface area contributed by atoms with E-state index in [9.17, 15) is 4.79 Å². The summed E-state index contributed by atoms with van der Waals surface area (Å²) in [5, 5.41) is 3.31. The van der Waals surface area contributed by atoms with Crippen LogP contribution < -0.4 is 5.32 Å². The van der Waals surface area contributed by atoms with Crippen LogP contribution in [-0.2, 0) is 4.79 Å². The average Bonchev–Trinajstić information content (AvgIpc) is 2.38. The number of aryl methyl sites for hydroxylation is 1. The summed E-state index contributed by atoms with van der Waals surface area (Å²) < 4.78 is 1.07. The Hall–Kier alpha value is -1.03. The lowest BCUT2D eigenvalue weighted by Crippen LogP contribution is -2.29. The average molecular weight is 327 g/mol. The molecule has 0 bridgehead atoms. The van der Waals surface area contributed by atoms with Gasteiger partial charge in [-0.3, -0.25) is 4.79 Å². The highest BCUT2D eigenvalue weighted by molar-refractivity contribution is 9.10. The van der Waals surface area contributed by atoms with Crippen LogP contribution in [0.3, 0.4) is 0 Å². The van der Waals surface area contributed by atoms with E-state index < -0.39 is 0 Å². The van der Waals surface area contributed by atoms with Gasteiger partial charge in [-0.1, -0.05) is 29.3 Å². The number of amides is 1. The molecule has 1 aromatic carbocycles. The van der Waals surface area contributed by atoms with Crippen LogP contribution in [-0.4, -0.2) is 30.9 Å². The number of nitrogens with zero attached hydrogens (tertiary/aromatic N) is 1. The van der Waals surface area contributed by atoms with Crippen LogP contribution >= 0.6 is 15.9 Å². The second-order valence-corrected chi connectivity index (χ2v) is 5.72. The van der Waals surface area contributed by atoms with Crippen molar-refractivity contribution in [3.8, 4) is 0 Å². The summed E-state index contributed by atoms with van der Waals surface area (Å²) in [6.07, 6.45) is 2.73. The van der Waals surface area contributed by atoms with Crippen LogP contribution in [0, 0.1) is 6.92 Å². The van der Waals surface area contributed by atoms with Crippen molar-refractivity contribution in [2.45, 2.75) is 33.1 Å². The largest absolute Gasteiger partial charge is 0.384 e. The minimum absolute atomic E-state index is 0.204. The fourth-order valence-electron chi connectivity index (χ4n) is 1.84. The molecule has 0 saturated carbocycles. The number of halogens is 1. The Morgan fingerprint density at radius 2 is 2.16 bits per heavy atom. The van der Waals surface area contributed by atoms with E-state index in [2.05, 4.69) is 41.2 Å². The van der Waals surface area contributed by atoms with Gasteiger partial charge in [0.05, 0.1) is 0 Å². The molecule has 1 N–H and O–H groups in total. The van der Waals surface area contributed by atoms with Crippen molar-refractivity contribution in [1.29, 1.82) is 0 Å². The molecule has 0 atom stereocenters. The first-order valence-corrected chi connectivity index (χ1v) is 7.58. The lowest BCUT2D eigenvalue weighted by Gasteiger charge is -2.17. The quantitative estimate of drug-likeness (QED) is 0.826. The molecule has 1 rings (SSSR count). The number of carbonyl (C=O) groups is 1. The number of carbonyl (C=O) groups excluding carboxylic acids is 1. The predicted octanol–water partition coefficient (Wildman–Crippen LogP) is 3.82. The van der Waals surface area contributed by atoms with E-state index in [0.29, 0.717) is 13.0 Å². The molecule has 0 aliphatic rings. The summed E-state index contributed by atoms with van der Waals surface area (Å²) in [6.45, 7) is 5.73. The van der Waals surface area contributed by atoms with Gasteiger partial charge in [0.2, 0.25) is 5.91 Å². The molecule has 0 aliphatic heterocycles. The third-order valence-corrected chi connectivity index (χ3v) is 3.61. The third-order valence-electron chi connectivity index (χ3n) is 3.12. The maximum atomic E-state index is 11.9. The van der Waals surface area contributed by atoms with Gasteiger partial charge >= 0.3 is 0 Å². The summed E-state index contributed by atoms with van der Waals surface area (Å²) >= 11 is 3.44. The van der Waals surface area contributed by atoms with Gasteiger partial charge < -0.3 is 10.2 Å². The Balaban J connectivity index is 2.35. The van der Waals surface area contributed by atoms with Crippen LogP contribution in [0.1, 0.15) is 31.7 Å². The lowest BCUT2D eigenvalue weighted by molar-refractivity contribution is -0.129. The summed E-state index contributed by atoms with van der Waals surface area (Å²) in [6, 6.07) is 6.10. The Bertz CT molecular complexity index is 421. The van der Waals surface area contributed by atoms with E-state index in [1.807, 2.05) is 24.1 Å². The molecule has 0 radical (unpaired) electrons. The Labute approximate surface area is 124 Å². The Morgan fingerprint density at radius 1 is 1.42 bits per heavy atom. The van der Waals surface area contributed by atoms with Gasteiger partial charge in [-0.05, 0) is 37.1 Å². The SMILES string of the molecule is CCCCN(C)C(=O)CCNc1ccc(Br)cc1C. The molecule has 1 amide bonds. The van der Waals surface area contributed by atoms with Crippen LogP contribution in [0.25, 0.3) is 0 Å². The van der Waals surface area contributed by atoms with Crippen molar-refractivity contribution < 1.29 is 4.79 Å². The third kappa shape index (κ3) is 5.64. The molecule has 0 saturated heterocycles. The molecule has 3 nitrogen and oxygen atoms in total. The summed E-state index contributed by atoms with van der Waals surface area (Å²) in [5.41, 5.74) is 2.27. The topological polar surface area (TPSA) is 32.3 Å².